The maximum Gasteiger partial charge on any atom is 0.247 e. The summed E-state index contributed by atoms with van der Waals surface area (Å²) in [4.78, 5) is 16.7. The van der Waals surface area contributed by atoms with Gasteiger partial charge in [-0.3, -0.25) is 4.79 Å². The number of primary sulfonamides is 1. The van der Waals surface area contributed by atoms with Crippen LogP contribution < -0.4 is 10.5 Å². The van der Waals surface area contributed by atoms with Crippen LogP contribution in [0.4, 0.5) is 4.39 Å². The molecule has 0 atom stereocenters. The van der Waals surface area contributed by atoms with E-state index in [1.54, 1.807) is 24.3 Å². The number of nitrogens with zero attached hydrogens (tertiary/aromatic N) is 1. The van der Waals surface area contributed by atoms with Gasteiger partial charge < -0.3 is 9.73 Å². The number of aromatic nitrogens is 1. The first-order valence-corrected chi connectivity index (χ1v) is 10.3. The van der Waals surface area contributed by atoms with Gasteiger partial charge in [-0.2, -0.15) is 0 Å². The quantitative estimate of drug-likeness (QED) is 0.622. The van der Waals surface area contributed by atoms with Crippen molar-refractivity contribution in [2.75, 3.05) is 0 Å². The monoisotopic (exact) mass is 409 g/mol. The van der Waals surface area contributed by atoms with Crippen molar-refractivity contribution < 1.29 is 22.0 Å². The van der Waals surface area contributed by atoms with Gasteiger partial charge >= 0.3 is 0 Å². The first-order valence-electron chi connectivity index (χ1n) is 7.91. The summed E-state index contributed by atoms with van der Waals surface area (Å²) in [5.41, 5.74) is 0.309. The Morgan fingerprint density at radius 2 is 2.04 bits per heavy atom. The van der Waals surface area contributed by atoms with Crippen molar-refractivity contribution in [3.05, 3.63) is 59.2 Å². The predicted octanol–water partition coefficient (Wildman–Crippen LogP) is 2.44. The maximum atomic E-state index is 13.7. The lowest BCUT2D eigenvalue weighted by molar-refractivity contribution is -0.121. The summed E-state index contributed by atoms with van der Waals surface area (Å²) >= 11 is 1.00. The van der Waals surface area contributed by atoms with Crippen molar-refractivity contribution >= 4 is 27.3 Å². The lowest BCUT2D eigenvalue weighted by atomic mass is 10.2. The highest BCUT2D eigenvalue weighted by atomic mass is 32.2. The van der Waals surface area contributed by atoms with Crippen molar-refractivity contribution in [3.8, 4) is 11.3 Å². The Morgan fingerprint density at radius 3 is 2.74 bits per heavy atom. The highest BCUT2D eigenvalue weighted by molar-refractivity contribution is 7.91. The van der Waals surface area contributed by atoms with Gasteiger partial charge in [0.2, 0.25) is 15.9 Å². The summed E-state index contributed by atoms with van der Waals surface area (Å²) in [6, 6.07) is 9.19. The summed E-state index contributed by atoms with van der Waals surface area (Å²) in [6.07, 6.45) is 1.81. The number of aryl methyl sites for hydroxylation is 1. The van der Waals surface area contributed by atoms with Crippen LogP contribution in [0.2, 0.25) is 0 Å². The molecular formula is C17H16FN3O4S2. The topological polar surface area (TPSA) is 115 Å². The van der Waals surface area contributed by atoms with Gasteiger partial charge in [0.15, 0.2) is 11.7 Å². The van der Waals surface area contributed by atoms with E-state index in [1.807, 2.05) is 0 Å². The number of oxazole rings is 1. The van der Waals surface area contributed by atoms with Gasteiger partial charge in [0.1, 0.15) is 10.0 Å². The van der Waals surface area contributed by atoms with E-state index in [0.717, 1.165) is 11.3 Å². The van der Waals surface area contributed by atoms with E-state index < -0.39 is 15.8 Å². The molecule has 3 aromatic rings. The SMILES string of the molecule is NS(=O)(=O)c1ccc(CNC(=O)CCc2ncc(-c3ccccc3F)o2)s1. The number of hydrogen-bond acceptors (Lipinski definition) is 6. The third kappa shape index (κ3) is 5.00. The van der Waals surface area contributed by atoms with Crippen LogP contribution in [0.15, 0.2) is 51.2 Å². The predicted molar refractivity (Wildman–Crippen MR) is 97.8 cm³/mol. The van der Waals surface area contributed by atoms with Gasteiger partial charge in [0, 0.05) is 17.7 Å². The summed E-state index contributed by atoms with van der Waals surface area (Å²) in [5.74, 6) is -0.0207. The third-order valence-corrected chi connectivity index (χ3v) is 6.16. The van der Waals surface area contributed by atoms with E-state index in [0.29, 0.717) is 22.1 Å². The molecule has 0 unspecified atom stereocenters. The molecule has 0 spiro atoms. The van der Waals surface area contributed by atoms with Crippen LogP contribution in [0.5, 0.6) is 0 Å². The Kier molecular flexibility index (Phi) is 5.68. The first kappa shape index (κ1) is 19.2. The molecule has 3 N–H and O–H groups in total. The van der Waals surface area contributed by atoms with Gasteiger partial charge in [-0.25, -0.2) is 22.9 Å². The van der Waals surface area contributed by atoms with Gasteiger partial charge in [0.25, 0.3) is 0 Å². The average molecular weight is 409 g/mol. The number of carbonyl (C=O) groups excluding carboxylic acids is 1. The molecular weight excluding hydrogens is 393 g/mol. The number of nitrogens with two attached hydrogens (primary N) is 1. The molecule has 0 aliphatic heterocycles. The molecule has 0 radical (unpaired) electrons. The van der Waals surface area contributed by atoms with E-state index in [9.17, 15) is 17.6 Å². The molecule has 0 aliphatic rings. The Labute approximate surface area is 159 Å². The molecule has 1 aromatic carbocycles. The van der Waals surface area contributed by atoms with E-state index in [4.69, 9.17) is 9.56 Å². The Bertz CT molecular complexity index is 1060. The molecule has 0 bridgehead atoms. The zero-order chi connectivity index (χ0) is 19.4. The number of halogens is 1. The van der Waals surface area contributed by atoms with E-state index >= 15 is 0 Å². The fraction of sp³-hybridized carbons (Fsp3) is 0.176. The zero-order valence-corrected chi connectivity index (χ0v) is 15.6. The van der Waals surface area contributed by atoms with Crippen molar-refractivity contribution in [1.29, 1.82) is 0 Å². The lowest BCUT2D eigenvalue weighted by Crippen LogP contribution is -2.22. The second kappa shape index (κ2) is 7.99. The van der Waals surface area contributed by atoms with Gasteiger partial charge in [0.05, 0.1) is 18.3 Å². The normalized spacial score (nSPS) is 11.5. The molecule has 1 amide bonds. The van der Waals surface area contributed by atoms with Gasteiger partial charge in [-0.1, -0.05) is 12.1 Å². The molecule has 0 aliphatic carbocycles. The summed E-state index contributed by atoms with van der Waals surface area (Å²) in [5, 5.41) is 7.73. The molecule has 0 saturated carbocycles. The third-order valence-electron chi connectivity index (χ3n) is 3.64. The zero-order valence-electron chi connectivity index (χ0n) is 14.0. The lowest BCUT2D eigenvalue weighted by Gasteiger charge is -2.02. The molecule has 10 heteroatoms. The second-order valence-electron chi connectivity index (χ2n) is 5.64. The number of hydrogen-bond donors (Lipinski definition) is 2. The van der Waals surface area contributed by atoms with Gasteiger partial charge in [-0.05, 0) is 24.3 Å². The first-order chi connectivity index (χ1) is 12.8. The van der Waals surface area contributed by atoms with Crippen LogP contribution in [-0.4, -0.2) is 19.3 Å². The number of sulfonamides is 1. The molecule has 7 nitrogen and oxygen atoms in total. The number of carbonyl (C=O) groups is 1. The summed E-state index contributed by atoms with van der Waals surface area (Å²) in [7, 11) is -3.73. The van der Waals surface area contributed by atoms with E-state index in [1.165, 1.54) is 18.3 Å². The minimum absolute atomic E-state index is 0.0483. The molecule has 27 heavy (non-hydrogen) atoms. The highest BCUT2D eigenvalue weighted by Gasteiger charge is 2.13. The van der Waals surface area contributed by atoms with Crippen molar-refractivity contribution in [1.82, 2.24) is 10.3 Å². The fourth-order valence-corrected chi connectivity index (χ4v) is 4.03. The number of amides is 1. The van der Waals surface area contributed by atoms with Crippen LogP contribution in [-0.2, 0) is 27.8 Å². The fourth-order valence-electron chi connectivity index (χ4n) is 2.31. The number of thiophene rings is 1. The molecule has 2 heterocycles. The minimum atomic E-state index is -3.73. The Morgan fingerprint density at radius 1 is 1.26 bits per heavy atom. The van der Waals surface area contributed by atoms with Crippen LogP contribution in [0.1, 0.15) is 17.2 Å². The van der Waals surface area contributed by atoms with E-state index in [-0.39, 0.29) is 29.5 Å². The molecule has 142 valence electrons. The summed E-state index contributed by atoms with van der Waals surface area (Å²) in [6.45, 7) is 0.199. The summed E-state index contributed by atoms with van der Waals surface area (Å²) < 4.78 is 41.7. The van der Waals surface area contributed by atoms with Crippen LogP contribution in [0.25, 0.3) is 11.3 Å². The van der Waals surface area contributed by atoms with Crippen molar-refractivity contribution in [2.45, 2.75) is 23.6 Å². The average Bonchev–Trinajstić information content (AvgIpc) is 3.28. The van der Waals surface area contributed by atoms with Crippen molar-refractivity contribution in [2.24, 2.45) is 5.14 Å². The van der Waals surface area contributed by atoms with Crippen LogP contribution >= 0.6 is 11.3 Å². The standard InChI is InChI=1S/C17H16FN3O4S2/c18-13-4-2-1-3-12(13)14-10-21-16(25-14)7-6-15(22)20-9-11-5-8-17(26-11)27(19,23)24/h1-5,8,10H,6-7,9H2,(H,20,22)(H2,19,23,24). The van der Waals surface area contributed by atoms with Gasteiger partial charge in [-0.15, -0.1) is 11.3 Å². The largest absolute Gasteiger partial charge is 0.441 e. The minimum Gasteiger partial charge on any atom is -0.441 e. The number of benzene rings is 1. The molecule has 3 rings (SSSR count). The molecule has 0 fully saturated rings. The number of rotatable bonds is 7. The number of nitrogens with one attached hydrogen (secondary N) is 1. The molecule has 0 saturated heterocycles. The van der Waals surface area contributed by atoms with E-state index in [2.05, 4.69) is 10.3 Å². The maximum absolute atomic E-state index is 13.7. The Balaban J connectivity index is 1.51. The highest BCUT2D eigenvalue weighted by Crippen LogP contribution is 2.23. The Hall–Kier alpha value is -2.56. The second-order valence-corrected chi connectivity index (χ2v) is 8.60. The smallest absolute Gasteiger partial charge is 0.247 e. The van der Waals surface area contributed by atoms with Crippen LogP contribution in [0, 0.1) is 5.82 Å². The van der Waals surface area contributed by atoms with Crippen LogP contribution in [0.3, 0.4) is 0 Å². The molecule has 2 aromatic heterocycles. The van der Waals surface area contributed by atoms with Crippen molar-refractivity contribution in [3.63, 3.8) is 0 Å².